The molecular formula is C9H9N3O3S. The third kappa shape index (κ3) is 2.19. The second kappa shape index (κ2) is 3.93. The van der Waals surface area contributed by atoms with Gasteiger partial charge in [0.05, 0.1) is 0 Å². The quantitative estimate of drug-likeness (QED) is 0.869. The summed E-state index contributed by atoms with van der Waals surface area (Å²) in [5, 5.41) is 3.54. The predicted molar refractivity (Wildman–Crippen MR) is 56.3 cm³/mol. The van der Waals surface area contributed by atoms with Gasteiger partial charge in [0.2, 0.25) is 0 Å². The van der Waals surface area contributed by atoms with Crippen molar-refractivity contribution in [3.05, 3.63) is 36.4 Å². The lowest BCUT2D eigenvalue weighted by molar-refractivity contribution is 0.400. The van der Waals surface area contributed by atoms with Crippen molar-refractivity contribution in [2.45, 2.75) is 11.8 Å². The summed E-state index contributed by atoms with van der Waals surface area (Å²) in [5.74, 6) is 0.685. The molecular weight excluding hydrogens is 230 g/mol. The molecule has 0 bridgehead atoms. The van der Waals surface area contributed by atoms with Crippen molar-refractivity contribution < 1.29 is 12.9 Å². The summed E-state index contributed by atoms with van der Waals surface area (Å²) in [5.41, 5.74) is 0. The summed E-state index contributed by atoms with van der Waals surface area (Å²) < 4.78 is 30.6. The van der Waals surface area contributed by atoms with E-state index in [-0.39, 0.29) is 10.7 Å². The van der Waals surface area contributed by atoms with Gasteiger partial charge in [0, 0.05) is 18.5 Å². The molecule has 0 aliphatic rings. The Balaban J connectivity index is 2.28. The van der Waals surface area contributed by atoms with Crippen molar-refractivity contribution in [1.29, 1.82) is 0 Å². The van der Waals surface area contributed by atoms with Crippen LogP contribution in [0.1, 0.15) is 5.76 Å². The van der Waals surface area contributed by atoms with Gasteiger partial charge in [-0.2, -0.15) is 0 Å². The molecule has 16 heavy (non-hydrogen) atoms. The van der Waals surface area contributed by atoms with Crippen LogP contribution in [0, 0.1) is 6.92 Å². The summed E-state index contributed by atoms with van der Waals surface area (Å²) in [6.07, 6.45) is 2.76. The Morgan fingerprint density at radius 1 is 1.44 bits per heavy atom. The van der Waals surface area contributed by atoms with Gasteiger partial charge in [-0.25, -0.2) is 8.42 Å². The fourth-order valence-electron chi connectivity index (χ4n) is 1.12. The summed E-state index contributed by atoms with van der Waals surface area (Å²) in [4.78, 5) is 3.81. The van der Waals surface area contributed by atoms with Crippen LogP contribution in [-0.4, -0.2) is 18.6 Å². The van der Waals surface area contributed by atoms with Crippen LogP contribution in [0.3, 0.4) is 0 Å². The smallest absolute Gasteiger partial charge is 0.264 e. The zero-order chi connectivity index (χ0) is 11.6. The first-order valence-electron chi connectivity index (χ1n) is 4.44. The van der Waals surface area contributed by atoms with Crippen molar-refractivity contribution in [1.82, 2.24) is 10.1 Å². The van der Waals surface area contributed by atoms with Crippen molar-refractivity contribution in [2.24, 2.45) is 0 Å². The molecule has 84 valence electrons. The lowest BCUT2D eigenvalue weighted by Gasteiger charge is -2.03. The van der Waals surface area contributed by atoms with Crippen LogP contribution in [0.2, 0.25) is 0 Å². The SMILES string of the molecule is Cc1cc(NS(=O)(=O)c2cccnc2)no1. The molecule has 0 fully saturated rings. The van der Waals surface area contributed by atoms with Gasteiger partial charge in [-0.05, 0) is 19.1 Å². The Kier molecular flexibility index (Phi) is 2.61. The van der Waals surface area contributed by atoms with Crippen molar-refractivity contribution in [3.8, 4) is 0 Å². The molecule has 0 saturated heterocycles. The summed E-state index contributed by atoms with van der Waals surface area (Å²) in [6, 6.07) is 4.48. The normalized spacial score (nSPS) is 11.3. The Morgan fingerprint density at radius 2 is 2.25 bits per heavy atom. The Hall–Kier alpha value is -1.89. The molecule has 0 aromatic carbocycles. The molecule has 0 aliphatic heterocycles. The van der Waals surface area contributed by atoms with Crippen LogP contribution >= 0.6 is 0 Å². The van der Waals surface area contributed by atoms with E-state index in [1.165, 1.54) is 24.5 Å². The van der Waals surface area contributed by atoms with Gasteiger partial charge in [-0.3, -0.25) is 9.71 Å². The lowest BCUT2D eigenvalue weighted by Crippen LogP contribution is -2.13. The number of aromatic nitrogens is 2. The predicted octanol–water partition coefficient (Wildman–Crippen LogP) is 1.18. The summed E-state index contributed by atoms with van der Waals surface area (Å²) >= 11 is 0. The minimum Gasteiger partial charge on any atom is -0.360 e. The van der Waals surface area contributed by atoms with Gasteiger partial charge in [0.15, 0.2) is 5.82 Å². The molecule has 0 spiro atoms. The average Bonchev–Trinajstić information content (AvgIpc) is 2.64. The molecule has 0 unspecified atom stereocenters. The highest BCUT2D eigenvalue weighted by molar-refractivity contribution is 7.92. The van der Waals surface area contributed by atoms with Crippen LogP contribution in [0.4, 0.5) is 5.82 Å². The molecule has 0 saturated carbocycles. The van der Waals surface area contributed by atoms with Crippen molar-refractivity contribution in [2.75, 3.05) is 4.72 Å². The monoisotopic (exact) mass is 239 g/mol. The fourth-order valence-corrected chi connectivity index (χ4v) is 2.06. The molecule has 7 heteroatoms. The number of anilines is 1. The second-order valence-electron chi connectivity index (χ2n) is 3.12. The number of hydrogen-bond acceptors (Lipinski definition) is 5. The standard InChI is InChI=1S/C9H9N3O3S/c1-7-5-9(11-15-7)12-16(13,14)8-3-2-4-10-6-8/h2-6H,1H3,(H,11,12). The molecule has 2 aromatic heterocycles. The van der Waals surface area contributed by atoms with Gasteiger partial charge in [-0.15, -0.1) is 0 Å². The van der Waals surface area contributed by atoms with E-state index in [1.807, 2.05) is 0 Å². The van der Waals surface area contributed by atoms with Crippen LogP contribution < -0.4 is 4.72 Å². The first kappa shape index (κ1) is 10.6. The fraction of sp³-hybridized carbons (Fsp3) is 0.111. The van der Waals surface area contributed by atoms with Crippen LogP contribution in [0.25, 0.3) is 0 Å². The van der Waals surface area contributed by atoms with Gasteiger partial charge in [-0.1, -0.05) is 5.16 Å². The molecule has 2 heterocycles. The molecule has 0 amide bonds. The van der Waals surface area contributed by atoms with E-state index in [2.05, 4.69) is 14.9 Å². The van der Waals surface area contributed by atoms with Crippen LogP contribution in [-0.2, 0) is 10.0 Å². The highest BCUT2D eigenvalue weighted by Gasteiger charge is 2.15. The Morgan fingerprint density at radius 3 is 2.81 bits per heavy atom. The first-order chi connectivity index (χ1) is 7.58. The van der Waals surface area contributed by atoms with E-state index < -0.39 is 10.0 Å². The van der Waals surface area contributed by atoms with Crippen LogP contribution in [0.15, 0.2) is 40.0 Å². The number of aryl methyl sites for hydroxylation is 1. The van der Waals surface area contributed by atoms with E-state index in [1.54, 1.807) is 13.0 Å². The van der Waals surface area contributed by atoms with Gasteiger partial charge in [0.25, 0.3) is 10.0 Å². The molecule has 0 aliphatic carbocycles. The Bertz CT molecular complexity index is 577. The highest BCUT2D eigenvalue weighted by Crippen LogP contribution is 2.14. The minimum atomic E-state index is -3.63. The van der Waals surface area contributed by atoms with Crippen LogP contribution in [0.5, 0.6) is 0 Å². The zero-order valence-corrected chi connectivity index (χ0v) is 9.23. The van der Waals surface area contributed by atoms with E-state index in [0.717, 1.165) is 0 Å². The number of sulfonamides is 1. The van der Waals surface area contributed by atoms with Crippen molar-refractivity contribution >= 4 is 15.8 Å². The van der Waals surface area contributed by atoms with Gasteiger partial charge >= 0.3 is 0 Å². The maximum atomic E-state index is 11.8. The van der Waals surface area contributed by atoms with Crippen molar-refractivity contribution in [3.63, 3.8) is 0 Å². The number of nitrogens with one attached hydrogen (secondary N) is 1. The van der Waals surface area contributed by atoms with E-state index in [4.69, 9.17) is 4.52 Å². The van der Waals surface area contributed by atoms with Gasteiger partial charge < -0.3 is 4.52 Å². The maximum absolute atomic E-state index is 11.8. The molecule has 1 N–H and O–H groups in total. The molecule has 6 nitrogen and oxygen atoms in total. The Labute approximate surface area is 92.3 Å². The lowest BCUT2D eigenvalue weighted by atomic mass is 10.5. The summed E-state index contributed by atoms with van der Waals surface area (Å²) in [6.45, 7) is 1.68. The average molecular weight is 239 g/mol. The highest BCUT2D eigenvalue weighted by atomic mass is 32.2. The molecule has 0 atom stereocenters. The number of pyridine rings is 1. The third-order valence-corrected chi connectivity index (χ3v) is 3.15. The maximum Gasteiger partial charge on any atom is 0.264 e. The minimum absolute atomic E-state index is 0.0793. The third-order valence-electron chi connectivity index (χ3n) is 1.81. The topological polar surface area (TPSA) is 85.1 Å². The second-order valence-corrected chi connectivity index (χ2v) is 4.80. The molecule has 2 rings (SSSR count). The van der Waals surface area contributed by atoms with E-state index in [9.17, 15) is 8.42 Å². The number of rotatable bonds is 3. The number of hydrogen-bond donors (Lipinski definition) is 1. The number of nitrogens with zero attached hydrogens (tertiary/aromatic N) is 2. The zero-order valence-electron chi connectivity index (χ0n) is 8.41. The van der Waals surface area contributed by atoms with E-state index >= 15 is 0 Å². The molecule has 0 radical (unpaired) electrons. The van der Waals surface area contributed by atoms with E-state index in [0.29, 0.717) is 5.76 Å². The van der Waals surface area contributed by atoms with Gasteiger partial charge in [0.1, 0.15) is 10.7 Å². The summed E-state index contributed by atoms with van der Waals surface area (Å²) in [7, 11) is -3.63. The molecule has 2 aromatic rings. The largest absolute Gasteiger partial charge is 0.360 e. The first-order valence-corrected chi connectivity index (χ1v) is 5.92.